The van der Waals surface area contributed by atoms with Gasteiger partial charge in [0, 0.05) is 12.1 Å². The van der Waals surface area contributed by atoms with Crippen LogP contribution in [-0.2, 0) is 6.42 Å². The van der Waals surface area contributed by atoms with E-state index in [9.17, 15) is 4.39 Å². The Kier molecular flexibility index (Phi) is 6.02. The van der Waals surface area contributed by atoms with E-state index in [1.807, 2.05) is 25.1 Å². The number of rotatable bonds is 7. The van der Waals surface area contributed by atoms with Crippen LogP contribution in [0.3, 0.4) is 0 Å². The lowest BCUT2D eigenvalue weighted by molar-refractivity contribution is 0.365. The van der Waals surface area contributed by atoms with Crippen molar-refractivity contribution >= 4 is 0 Å². The van der Waals surface area contributed by atoms with E-state index in [4.69, 9.17) is 5.73 Å². The summed E-state index contributed by atoms with van der Waals surface area (Å²) >= 11 is 0. The number of hydrogen-bond acceptors (Lipinski definition) is 2. The first-order chi connectivity index (χ1) is 8.59. The summed E-state index contributed by atoms with van der Waals surface area (Å²) in [5.74, 6) is -0.200. The van der Waals surface area contributed by atoms with E-state index in [2.05, 4.69) is 18.3 Å². The third-order valence-electron chi connectivity index (χ3n) is 3.06. The maximum Gasteiger partial charge on any atom is 0.123 e. The largest absolute Gasteiger partial charge is 0.329 e. The Bertz CT molecular complexity index is 373. The fourth-order valence-corrected chi connectivity index (χ4v) is 1.88. The summed E-state index contributed by atoms with van der Waals surface area (Å²) in [6.45, 7) is 5.58. The molecule has 1 atom stereocenters. The first-order valence-electron chi connectivity index (χ1n) is 6.40. The normalized spacial score (nSPS) is 14.9. The number of nitrogens with one attached hydrogen (secondary N) is 1. The van der Waals surface area contributed by atoms with Crippen LogP contribution in [0.4, 0.5) is 4.39 Å². The van der Waals surface area contributed by atoms with Crippen molar-refractivity contribution < 1.29 is 4.39 Å². The van der Waals surface area contributed by atoms with Crippen molar-refractivity contribution in [3.05, 3.63) is 47.8 Å². The SMILES string of the molecule is C/C=C/CCNC(C)(CN)Cc1ccc(F)cc1. The highest BCUT2D eigenvalue weighted by Gasteiger charge is 2.21. The average Bonchev–Trinajstić information content (AvgIpc) is 2.38. The minimum absolute atomic E-state index is 0.139. The molecule has 0 saturated carbocycles. The molecule has 0 radical (unpaired) electrons. The van der Waals surface area contributed by atoms with Crippen molar-refractivity contribution in [3.8, 4) is 0 Å². The molecule has 3 N–H and O–H groups in total. The molecule has 3 heteroatoms. The zero-order chi connectivity index (χ0) is 13.4. The first kappa shape index (κ1) is 14.9. The molecule has 100 valence electrons. The molecule has 2 nitrogen and oxygen atoms in total. The van der Waals surface area contributed by atoms with Crippen molar-refractivity contribution in [1.29, 1.82) is 0 Å². The monoisotopic (exact) mass is 250 g/mol. The molecule has 1 rings (SSSR count). The van der Waals surface area contributed by atoms with Gasteiger partial charge >= 0.3 is 0 Å². The van der Waals surface area contributed by atoms with Crippen LogP contribution in [0.15, 0.2) is 36.4 Å². The van der Waals surface area contributed by atoms with Crippen LogP contribution in [0.1, 0.15) is 25.8 Å². The molecule has 0 aliphatic rings. The predicted octanol–water partition coefficient (Wildman–Crippen LogP) is 2.64. The van der Waals surface area contributed by atoms with E-state index in [1.165, 1.54) is 12.1 Å². The first-order valence-corrected chi connectivity index (χ1v) is 6.40. The Hall–Kier alpha value is -1.19. The van der Waals surface area contributed by atoms with Crippen LogP contribution in [-0.4, -0.2) is 18.6 Å². The van der Waals surface area contributed by atoms with Gasteiger partial charge in [0.15, 0.2) is 0 Å². The Morgan fingerprint density at radius 3 is 2.56 bits per heavy atom. The van der Waals surface area contributed by atoms with E-state index in [0.717, 1.165) is 24.9 Å². The molecule has 0 saturated heterocycles. The molecule has 0 fully saturated rings. The number of hydrogen-bond donors (Lipinski definition) is 2. The zero-order valence-electron chi connectivity index (χ0n) is 11.2. The maximum atomic E-state index is 12.8. The molecular weight excluding hydrogens is 227 g/mol. The van der Waals surface area contributed by atoms with Crippen LogP contribution in [0, 0.1) is 5.82 Å². The third-order valence-corrected chi connectivity index (χ3v) is 3.06. The van der Waals surface area contributed by atoms with E-state index < -0.39 is 0 Å². The van der Waals surface area contributed by atoms with Crippen LogP contribution in [0.25, 0.3) is 0 Å². The lowest BCUT2D eigenvalue weighted by Gasteiger charge is -2.29. The predicted molar refractivity (Wildman–Crippen MR) is 75.0 cm³/mol. The second kappa shape index (κ2) is 7.29. The minimum Gasteiger partial charge on any atom is -0.329 e. The molecule has 0 amide bonds. The van der Waals surface area contributed by atoms with Crippen molar-refractivity contribution in [2.24, 2.45) is 5.73 Å². The van der Waals surface area contributed by atoms with Gasteiger partial charge in [0.25, 0.3) is 0 Å². The highest BCUT2D eigenvalue weighted by Crippen LogP contribution is 2.13. The van der Waals surface area contributed by atoms with E-state index >= 15 is 0 Å². The number of allylic oxidation sites excluding steroid dienone is 1. The lowest BCUT2D eigenvalue weighted by atomic mass is 9.92. The van der Waals surface area contributed by atoms with Crippen LogP contribution >= 0.6 is 0 Å². The standard InChI is InChI=1S/C15H23FN2/c1-3-4-5-10-18-15(2,12-17)11-13-6-8-14(16)9-7-13/h3-4,6-9,18H,5,10-12,17H2,1-2H3/b4-3+. The Labute approximate surface area is 109 Å². The number of nitrogens with two attached hydrogens (primary N) is 1. The molecule has 1 aromatic rings. The molecule has 0 aliphatic carbocycles. The summed E-state index contributed by atoms with van der Waals surface area (Å²) in [7, 11) is 0. The van der Waals surface area contributed by atoms with Crippen molar-refractivity contribution in [2.45, 2.75) is 32.2 Å². The van der Waals surface area contributed by atoms with Crippen molar-refractivity contribution in [3.63, 3.8) is 0 Å². The third kappa shape index (κ3) is 4.98. The number of benzene rings is 1. The van der Waals surface area contributed by atoms with Gasteiger partial charge < -0.3 is 11.1 Å². The van der Waals surface area contributed by atoms with Gasteiger partial charge in [0.05, 0.1) is 0 Å². The topological polar surface area (TPSA) is 38.0 Å². The highest BCUT2D eigenvalue weighted by molar-refractivity contribution is 5.19. The lowest BCUT2D eigenvalue weighted by Crippen LogP contribution is -2.50. The fourth-order valence-electron chi connectivity index (χ4n) is 1.88. The molecule has 0 spiro atoms. The van der Waals surface area contributed by atoms with E-state index in [1.54, 1.807) is 0 Å². The summed E-state index contributed by atoms with van der Waals surface area (Å²) in [5, 5.41) is 3.47. The maximum absolute atomic E-state index is 12.8. The Morgan fingerprint density at radius 1 is 1.33 bits per heavy atom. The van der Waals surface area contributed by atoms with Crippen molar-refractivity contribution in [2.75, 3.05) is 13.1 Å². The summed E-state index contributed by atoms with van der Waals surface area (Å²) in [4.78, 5) is 0. The smallest absolute Gasteiger partial charge is 0.123 e. The Balaban J connectivity index is 2.55. The van der Waals surface area contributed by atoms with Gasteiger partial charge in [-0.2, -0.15) is 0 Å². The van der Waals surface area contributed by atoms with E-state index in [0.29, 0.717) is 6.54 Å². The second-order valence-electron chi connectivity index (χ2n) is 4.85. The van der Waals surface area contributed by atoms with Gasteiger partial charge in [-0.25, -0.2) is 4.39 Å². The van der Waals surface area contributed by atoms with Gasteiger partial charge in [0.1, 0.15) is 5.82 Å². The minimum atomic E-state index is -0.200. The summed E-state index contributed by atoms with van der Waals surface area (Å²) in [6, 6.07) is 6.62. The molecule has 18 heavy (non-hydrogen) atoms. The van der Waals surface area contributed by atoms with Gasteiger partial charge in [0.2, 0.25) is 0 Å². The summed E-state index contributed by atoms with van der Waals surface area (Å²) in [6.07, 6.45) is 5.97. The van der Waals surface area contributed by atoms with Gasteiger partial charge in [-0.3, -0.25) is 0 Å². The molecule has 1 aromatic carbocycles. The van der Waals surface area contributed by atoms with Crippen LogP contribution in [0.5, 0.6) is 0 Å². The molecule has 1 unspecified atom stereocenters. The van der Waals surface area contributed by atoms with Gasteiger partial charge in [-0.1, -0.05) is 24.3 Å². The second-order valence-corrected chi connectivity index (χ2v) is 4.85. The molecule has 0 bridgehead atoms. The summed E-state index contributed by atoms with van der Waals surface area (Å²) in [5.41, 5.74) is 6.81. The molecule has 0 aliphatic heterocycles. The zero-order valence-corrected chi connectivity index (χ0v) is 11.2. The molecule has 0 aromatic heterocycles. The fraction of sp³-hybridized carbons (Fsp3) is 0.467. The molecule has 0 heterocycles. The average molecular weight is 250 g/mol. The van der Waals surface area contributed by atoms with E-state index in [-0.39, 0.29) is 11.4 Å². The van der Waals surface area contributed by atoms with Crippen molar-refractivity contribution in [1.82, 2.24) is 5.32 Å². The number of halogens is 1. The van der Waals surface area contributed by atoms with Crippen LogP contribution in [0.2, 0.25) is 0 Å². The van der Waals surface area contributed by atoms with Crippen LogP contribution < -0.4 is 11.1 Å². The quantitative estimate of drug-likeness (QED) is 0.577. The Morgan fingerprint density at radius 2 is 2.00 bits per heavy atom. The highest BCUT2D eigenvalue weighted by atomic mass is 19.1. The van der Waals surface area contributed by atoms with Gasteiger partial charge in [-0.05, 0) is 50.9 Å². The molecular formula is C15H23FN2. The summed E-state index contributed by atoms with van der Waals surface area (Å²) < 4.78 is 12.8. The van der Waals surface area contributed by atoms with Gasteiger partial charge in [-0.15, -0.1) is 0 Å².